The summed E-state index contributed by atoms with van der Waals surface area (Å²) in [6.45, 7) is 4.79. The molecule has 0 aliphatic carbocycles. The molecule has 1 aromatic rings. The molecule has 0 fully saturated rings. The van der Waals surface area contributed by atoms with Crippen molar-refractivity contribution in [3.63, 3.8) is 0 Å². The molecule has 2 amide bonds. The standard InChI is InChI=1S/C13H17BrN2O/c1-10(2)9-16-13(17)15-8-7-11-3-5-12(14)6-4-11/h3-8,10H,9H2,1-2H3,(H2,15,16,17)/b8-7+. The third kappa shape index (κ3) is 6.12. The van der Waals surface area contributed by atoms with Crippen LogP contribution in [0.15, 0.2) is 34.9 Å². The molecule has 0 aliphatic rings. The Labute approximate surface area is 110 Å². The van der Waals surface area contributed by atoms with Crippen LogP contribution in [-0.4, -0.2) is 12.6 Å². The maximum atomic E-state index is 11.3. The van der Waals surface area contributed by atoms with Crippen LogP contribution in [0.4, 0.5) is 4.79 Å². The molecule has 1 aromatic carbocycles. The van der Waals surface area contributed by atoms with E-state index in [1.54, 1.807) is 6.20 Å². The highest BCUT2D eigenvalue weighted by Crippen LogP contribution is 2.11. The van der Waals surface area contributed by atoms with Crippen LogP contribution in [0.5, 0.6) is 0 Å². The van der Waals surface area contributed by atoms with Crippen molar-refractivity contribution in [3.05, 3.63) is 40.5 Å². The van der Waals surface area contributed by atoms with Gasteiger partial charge in [-0.2, -0.15) is 0 Å². The van der Waals surface area contributed by atoms with Gasteiger partial charge in [0.2, 0.25) is 0 Å². The molecule has 0 radical (unpaired) electrons. The third-order valence-corrected chi connectivity index (χ3v) is 2.56. The van der Waals surface area contributed by atoms with Gasteiger partial charge in [-0.25, -0.2) is 4.79 Å². The molecule has 0 bridgehead atoms. The zero-order valence-electron chi connectivity index (χ0n) is 10.0. The van der Waals surface area contributed by atoms with Crippen molar-refractivity contribution in [2.24, 2.45) is 5.92 Å². The van der Waals surface area contributed by atoms with Crippen LogP contribution in [-0.2, 0) is 0 Å². The van der Waals surface area contributed by atoms with E-state index >= 15 is 0 Å². The van der Waals surface area contributed by atoms with Crippen LogP contribution in [0.3, 0.4) is 0 Å². The average molecular weight is 297 g/mol. The number of carbonyl (C=O) groups is 1. The fourth-order valence-corrected chi connectivity index (χ4v) is 1.40. The lowest BCUT2D eigenvalue weighted by Gasteiger charge is -2.06. The highest BCUT2D eigenvalue weighted by molar-refractivity contribution is 9.10. The molecule has 17 heavy (non-hydrogen) atoms. The fraction of sp³-hybridized carbons (Fsp3) is 0.308. The van der Waals surface area contributed by atoms with Gasteiger partial charge >= 0.3 is 6.03 Å². The minimum absolute atomic E-state index is 0.174. The minimum Gasteiger partial charge on any atom is -0.338 e. The number of halogens is 1. The van der Waals surface area contributed by atoms with E-state index in [1.807, 2.05) is 30.3 Å². The van der Waals surface area contributed by atoms with Gasteiger partial charge in [0.25, 0.3) is 0 Å². The molecule has 0 aromatic heterocycles. The number of hydrogen-bond acceptors (Lipinski definition) is 1. The summed E-state index contributed by atoms with van der Waals surface area (Å²) < 4.78 is 1.04. The van der Waals surface area contributed by atoms with Gasteiger partial charge < -0.3 is 10.6 Å². The molecule has 0 saturated carbocycles. The van der Waals surface area contributed by atoms with E-state index in [0.29, 0.717) is 12.5 Å². The number of amides is 2. The number of rotatable bonds is 4. The Morgan fingerprint density at radius 3 is 2.59 bits per heavy atom. The normalized spacial score (nSPS) is 10.8. The topological polar surface area (TPSA) is 41.1 Å². The minimum atomic E-state index is -0.174. The lowest BCUT2D eigenvalue weighted by atomic mass is 10.2. The molecule has 0 unspecified atom stereocenters. The van der Waals surface area contributed by atoms with E-state index in [4.69, 9.17) is 0 Å². The Hall–Kier alpha value is -1.29. The first-order valence-electron chi connectivity index (χ1n) is 5.54. The smallest absolute Gasteiger partial charge is 0.318 e. The van der Waals surface area contributed by atoms with Crippen molar-refractivity contribution < 1.29 is 4.79 Å². The maximum absolute atomic E-state index is 11.3. The van der Waals surface area contributed by atoms with Gasteiger partial charge in [0.05, 0.1) is 0 Å². The molecule has 1 rings (SSSR count). The van der Waals surface area contributed by atoms with E-state index in [2.05, 4.69) is 40.4 Å². The van der Waals surface area contributed by atoms with Crippen molar-refractivity contribution in [1.29, 1.82) is 0 Å². The van der Waals surface area contributed by atoms with Crippen molar-refractivity contribution >= 4 is 28.0 Å². The fourth-order valence-electron chi connectivity index (χ4n) is 1.14. The molecule has 0 heterocycles. The van der Waals surface area contributed by atoms with Crippen molar-refractivity contribution in [2.45, 2.75) is 13.8 Å². The Balaban J connectivity index is 2.34. The van der Waals surface area contributed by atoms with Gasteiger partial charge in [-0.3, -0.25) is 0 Å². The van der Waals surface area contributed by atoms with Crippen LogP contribution < -0.4 is 10.6 Å². The molecule has 0 spiro atoms. The summed E-state index contributed by atoms with van der Waals surface area (Å²) in [6.07, 6.45) is 3.49. The summed E-state index contributed by atoms with van der Waals surface area (Å²) in [4.78, 5) is 11.3. The first-order chi connectivity index (χ1) is 8.08. The van der Waals surface area contributed by atoms with Crippen molar-refractivity contribution in [2.75, 3.05) is 6.54 Å². The molecule has 0 saturated heterocycles. The van der Waals surface area contributed by atoms with Crippen LogP contribution in [0, 0.1) is 5.92 Å². The highest BCUT2D eigenvalue weighted by atomic mass is 79.9. The summed E-state index contributed by atoms with van der Waals surface area (Å²) in [5.74, 6) is 0.455. The van der Waals surface area contributed by atoms with Gasteiger partial charge in [-0.15, -0.1) is 0 Å². The molecular weight excluding hydrogens is 280 g/mol. The zero-order valence-corrected chi connectivity index (χ0v) is 11.6. The maximum Gasteiger partial charge on any atom is 0.318 e. The molecule has 0 atom stereocenters. The lowest BCUT2D eigenvalue weighted by molar-refractivity contribution is 0.243. The van der Waals surface area contributed by atoms with E-state index in [0.717, 1.165) is 10.0 Å². The van der Waals surface area contributed by atoms with Gasteiger partial charge in [-0.05, 0) is 29.7 Å². The second kappa shape index (κ2) is 7.12. The van der Waals surface area contributed by atoms with E-state index in [-0.39, 0.29) is 6.03 Å². The van der Waals surface area contributed by atoms with Gasteiger partial charge in [0, 0.05) is 17.2 Å². The second-order valence-corrected chi connectivity index (χ2v) is 5.05. The van der Waals surface area contributed by atoms with Crippen molar-refractivity contribution in [1.82, 2.24) is 10.6 Å². The molecular formula is C13H17BrN2O. The molecule has 4 heteroatoms. The lowest BCUT2D eigenvalue weighted by Crippen LogP contribution is -2.34. The van der Waals surface area contributed by atoms with Crippen LogP contribution in [0.25, 0.3) is 6.08 Å². The first-order valence-corrected chi connectivity index (χ1v) is 6.33. The SMILES string of the molecule is CC(C)CNC(=O)N/C=C/c1ccc(Br)cc1. The molecule has 92 valence electrons. The van der Waals surface area contributed by atoms with Gasteiger partial charge in [-0.1, -0.05) is 41.9 Å². The van der Waals surface area contributed by atoms with Crippen LogP contribution in [0.1, 0.15) is 19.4 Å². The number of carbonyl (C=O) groups excluding carboxylic acids is 1. The van der Waals surface area contributed by atoms with Crippen molar-refractivity contribution in [3.8, 4) is 0 Å². The zero-order chi connectivity index (χ0) is 12.7. The largest absolute Gasteiger partial charge is 0.338 e. The average Bonchev–Trinajstić information content (AvgIpc) is 2.29. The monoisotopic (exact) mass is 296 g/mol. The summed E-state index contributed by atoms with van der Waals surface area (Å²) in [6, 6.07) is 7.67. The molecule has 0 aliphatic heterocycles. The Morgan fingerprint density at radius 2 is 2.00 bits per heavy atom. The summed E-state index contributed by atoms with van der Waals surface area (Å²) in [5.41, 5.74) is 1.04. The number of benzene rings is 1. The number of nitrogens with one attached hydrogen (secondary N) is 2. The number of urea groups is 1. The summed E-state index contributed by atoms with van der Waals surface area (Å²) in [5, 5.41) is 5.43. The summed E-state index contributed by atoms with van der Waals surface area (Å²) in [7, 11) is 0. The van der Waals surface area contributed by atoms with Gasteiger partial charge in [0.15, 0.2) is 0 Å². The van der Waals surface area contributed by atoms with E-state index < -0.39 is 0 Å². The Kier molecular flexibility index (Phi) is 5.77. The third-order valence-electron chi connectivity index (χ3n) is 2.03. The van der Waals surface area contributed by atoms with E-state index in [9.17, 15) is 4.79 Å². The second-order valence-electron chi connectivity index (χ2n) is 4.13. The van der Waals surface area contributed by atoms with Gasteiger partial charge in [0.1, 0.15) is 0 Å². The predicted octanol–water partition coefficient (Wildman–Crippen LogP) is 3.38. The Morgan fingerprint density at radius 1 is 1.35 bits per heavy atom. The Bertz CT molecular complexity index is 385. The highest BCUT2D eigenvalue weighted by Gasteiger charge is 1.97. The first kappa shape index (κ1) is 13.8. The van der Waals surface area contributed by atoms with Crippen LogP contribution in [0.2, 0.25) is 0 Å². The summed E-state index contributed by atoms with van der Waals surface area (Å²) >= 11 is 3.37. The van der Waals surface area contributed by atoms with E-state index in [1.165, 1.54) is 0 Å². The van der Waals surface area contributed by atoms with Crippen LogP contribution >= 0.6 is 15.9 Å². The molecule has 2 N–H and O–H groups in total. The predicted molar refractivity (Wildman–Crippen MR) is 74.5 cm³/mol. The quantitative estimate of drug-likeness (QED) is 0.879. The molecule has 3 nitrogen and oxygen atoms in total. The number of hydrogen-bond donors (Lipinski definition) is 2.